The number of hydrogen-bond donors (Lipinski definition) is 1. The zero-order valence-corrected chi connectivity index (χ0v) is 14.4. The van der Waals surface area contributed by atoms with Gasteiger partial charge in [0.05, 0.1) is 6.21 Å². The normalized spacial score (nSPS) is 11.5. The van der Waals surface area contributed by atoms with Crippen molar-refractivity contribution in [2.75, 3.05) is 5.43 Å². The molecule has 0 spiro atoms. The molecule has 0 saturated carbocycles. The van der Waals surface area contributed by atoms with E-state index in [4.69, 9.17) is 0 Å². The largest absolute Gasteiger partial charge is 0.332 e. The Kier molecular flexibility index (Phi) is 4.51. The summed E-state index contributed by atoms with van der Waals surface area (Å²) in [7, 11) is 3.07. The zero-order valence-electron chi connectivity index (χ0n) is 14.4. The van der Waals surface area contributed by atoms with Crippen LogP contribution in [0.4, 0.5) is 5.95 Å². The molecule has 0 aliphatic carbocycles. The monoisotopic (exact) mass is 340 g/mol. The van der Waals surface area contributed by atoms with Crippen LogP contribution in [0, 0.1) is 0 Å². The molecular weight excluding hydrogens is 320 g/mol. The second kappa shape index (κ2) is 6.76. The first-order valence-corrected chi connectivity index (χ1v) is 8.05. The van der Waals surface area contributed by atoms with Crippen LogP contribution < -0.4 is 16.7 Å². The molecule has 25 heavy (non-hydrogen) atoms. The van der Waals surface area contributed by atoms with Crippen molar-refractivity contribution in [3.63, 3.8) is 0 Å². The molecule has 0 radical (unpaired) electrons. The molecule has 0 amide bonds. The Bertz CT molecular complexity index is 1040. The van der Waals surface area contributed by atoms with Crippen LogP contribution in [0.1, 0.15) is 18.9 Å². The van der Waals surface area contributed by atoms with E-state index in [1.807, 2.05) is 37.3 Å². The summed E-state index contributed by atoms with van der Waals surface area (Å²) in [6.07, 6.45) is 2.49. The Morgan fingerprint density at radius 1 is 1.16 bits per heavy atom. The third-order valence-corrected chi connectivity index (χ3v) is 3.97. The van der Waals surface area contributed by atoms with Crippen molar-refractivity contribution in [1.82, 2.24) is 18.7 Å². The summed E-state index contributed by atoms with van der Waals surface area (Å²) in [5, 5.41) is 4.20. The number of rotatable bonds is 5. The Morgan fingerprint density at radius 3 is 2.56 bits per heavy atom. The van der Waals surface area contributed by atoms with E-state index in [0.29, 0.717) is 23.7 Å². The van der Waals surface area contributed by atoms with Crippen molar-refractivity contribution in [2.45, 2.75) is 19.9 Å². The van der Waals surface area contributed by atoms with E-state index in [9.17, 15) is 9.59 Å². The van der Waals surface area contributed by atoms with Gasteiger partial charge in [0.15, 0.2) is 11.2 Å². The molecule has 0 aliphatic heterocycles. The third-order valence-electron chi connectivity index (χ3n) is 3.97. The molecular formula is C17H20N6O2. The Balaban J connectivity index is 2.09. The van der Waals surface area contributed by atoms with Gasteiger partial charge in [-0.1, -0.05) is 37.3 Å². The summed E-state index contributed by atoms with van der Waals surface area (Å²) >= 11 is 0. The summed E-state index contributed by atoms with van der Waals surface area (Å²) in [5.41, 5.74) is 3.80. The molecule has 2 heterocycles. The Hall–Kier alpha value is -3.16. The number of imidazole rings is 1. The summed E-state index contributed by atoms with van der Waals surface area (Å²) in [5.74, 6) is 0.433. The van der Waals surface area contributed by atoms with E-state index in [1.165, 1.54) is 11.6 Å². The lowest BCUT2D eigenvalue weighted by atomic mass is 10.2. The molecule has 2 aromatic heterocycles. The second-order valence-electron chi connectivity index (χ2n) is 5.75. The van der Waals surface area contributed by atoms with Gasteiger partial charge in [-0.25, -0.2) is 10.2 Å². The Labute approximate surface area is 144 Å². The minimum Gasteiger partial charge on any atom is -0.303 e. The maximum absolute atomic E-state index is 12.5. The summed E-state index contributed by atoms with van der Waals surface area (Å²) in [6, 6.07) is 9.64. The third kappa shape index (κ3) is 2.98. The highest BCUT2D eigenvalue weighted by atomic mass is 16.2. The molecule has 1 aromatic carbocycles. The van der Waals surface area contributed by atoms with Crippen LogP contribution in [-0.4, -0.2) is 24.9 Å². The van der Waals surface area contributed by atoms with Crippen LogP contribution in [-0.2, 0) is 20.6 Å². The highest BCUT2D eigenvalue weighted by Crippen LogP contribution is 2.16. The fourth-order valence-electron chi connectivity index (χ4n) is 2.68. The highest BCUT2D eigenvalue weighted by Gasteiger charge is 2.18. The van der Waals surface area contributed by atoms with E-state index < -0.39 is 5.69 Å². The van der Waals surface area contributed by atoms with Gasteiger partial charge in [-0.2, -0.15) is 10.1 Å². The number of fused-ring (bicyclic) bond motifs is 1. The maximum atomic E-state index is 12.5. The minimum atomic E-state index is -0.405. The van der Waals surface area contributed by atoms with Crippen molar-refractivity contribution < 1.29 is 0 Å². The number of nitrogens with one attached hydrogen (secondary N) is 1. The van der Waals surface area contributed by atoms with Crippen LogP contribution in [0.15, 0.2) is 45.0 Å². The smallest absolute Gasteiger partial charge is 0.303 e. The second-order valence-corrected chi connectivity index (χ2v) is 5.75. The zero-order chi connectivity index (χ0) is 18.0. The number of benzene rings is 1. The quantitative estimate of drug-likeness (QED) is 0.560. The minimum absolute atomic E-state index is 0.346. The number of nitrogens with zero attached hydrogens (tertiary/aromatic N) is 5. The lowest BCUT2D eigenvalue weighted by Crippen LogP contribution is -2.37. The molecule has 3 aromatic rings. The molecule has 0 saturated heterocycles. The first kappa shape index (κ1) is 16.7. The highest BCUT2D eigenvalue weighted by molar-refractivity contribution is 5.80. The fraction of sp³-hybridized carbons (Fsp3) is 0.294. The van der Waals surface area contributed by atoms with Gasteiger partial charge in [-0.3, -0.25) is 13.9 Å². The number of anilines is 1. The predicted molar refractivity (Wildman–Crippen MR) is 98.2 cm³/mol. The number of aromatic nitrogens is 4. The van der Waals surface area contributed by atoms with Crippen molar-refractivity contribution in [3.05, 3.63) is 56.7 Å². The van der Waals surface area contributed by atoms with E-state index in [2.05, 4.69) is 15.5 Å². The van der Waals surface area contributed by atoms with Crippen molar-refractivity contribution in [3.8, 4) is 0 Å². The van der Waals surface area contributed by atoms with E-state index in [-0.39, 0.29) is 5.56 Å². The van der Waals surface area contributed by atoms with Gasteiger partial charge in [0.25, 0.3) is 5.56 Å². The van der Waals surface area contributed by atoms with Crippen molar-refractivity contribution in [2.24, 2.45) is 19.2 Å². The van der Waals surface area contributed by atoms with Crippen molar-refractivity contribution in [1.29, 1.82) is 0 Å². The predicted octanol–water partition coefficient (Wildman–Crippen LogP) is 1.29. The van der Waals surface area contributed by atoms with Crippen LogP contribution in [0.3, 0.4) is 0 Å². The summed E-state index contributed by atoms with van der Waals surface area (Å²) < 4.78 is 4.22. The van der Waals surface area contributed by atoms with Gasteiger partial charge >= 0.3 is 5.69 Å². The molecule has 130 valence electrons. The maximum Gasteiger partial charge on any atom is 0.332 e. The lowest BCUT2D eigenvalue weighted by Gasteiger charge is -2.07. The molecule has 8 nitrogen and oxygen atoms in total. The van der Waals surface area contributed by atoms with Crippen LogP contribution >= 0.6 is 0 Å². The summed E-state index contributed by atoms with van der Waals surface area (Å²) in [4.78, 5) is 29.0. The van der Waals surface area contributed by atoms with Gasteiger partial charge < -0.3 is 4.57 Å². The molecule has 0 unspecified atom stereocenters. The number of aryl methyl sites for hydroxylation is 2. The molecule has 0 fully saturated rings. The van der Waals surface area contributed by atoms with Crippen LogP contribution in [0.25, 0.3) is 11.2 Å². The lowest BCUT2D eigenvalue weighted by molar-refractivity contribution is 0.679. The first-order valence-electron chi connectivity index (χ1n) is 8.05. The SMILES string of the molecule is CCCn1c(N/N=C/c2ccccc2)nc2c1c(=O)n(C)c(=O)n2C. The summed E-state index contributed by atoms with van der Waals surface area (Å²) in [6.45, 7) is 2.60. The number of hydrogen-bond acceptors (Lipinski definition) is 5. The van der Waals surface area contributed by atoms with Gasteiger partial charge in [0.1, 0.15) is 0 Å². The molecule has 1 N–H and O–H groups in total. The average Bonchev–Trinajstić information content (AvgIpc) is 2.98. The average molecular weight is 340 g/mol. The molecule has 3 rings (SSSR count). The Morgan fingerprint density at radius 2 is 1.88 bits per heavy atom. The molecule has 0 aliphatic rings. The van der Waals surface area contributed by atoms with Crippen LogP contribution in [0.5, 0.6) is 0 Å². The molecule has 8 heteroatoms. The van der Waals surface area contributed by atoms with Crippen molar-refractivity contribution >= 4 is 23.3 Å². The van der Waals surface area contributed by atoms with E-state index in [0.717, 1.165) is 16.6 Å². The van der Waals surface area contributed by atoms with Crippen LogP contribution in [0.2, 0.25) is 0 Å². The molecule has 0 atom stereocenters. The van der Waals surface area contributed by atoms with E-state index in [1.54, 1.807) is 17.8 Å². The standard InChI is InChI=1S/C17H20N6O2/c1-4-10-23-13-14(21(2)17(25)22(3)15(13)24)19-16(23)20-18-11-12-8-6-5-7-9-12/h5-9,11H,4,10H2,1-3H3,(H,19,20)/b18-11+. The fourth-order valence-corrected chi connectivity index (χ4v) is 2.68. The molecule has 0 bridgehead atoms. The van der Waals surface area contributed by atoms with Gasteiger partial charge in [0, 0.05) is 20.6 Å². The van der Waals surface area contributed by atoms with E-state index >= 15 is 0 Å². The first-order chi connectivity index (χ1) is 12.0. The van der Waals surface area contributed by atoms with Gasteiger partial charge in [-0.15, -0.1) is 0 Å². The van der Waals surface area contributed by atoms with Gasteiger partial charge in [-0.05, 0) is 12.0 Å². The number of hydrazone groups is 1. The topological polar surface area (TPSA) is 86.2 Å². The van der Waals surface area contributed by atoms with Gasteiger partial charge in [0.2, 0.25) is 5.95 Å².